The predicted octanol–water partition coefficient (Wildman–Crippen LogP) is 0.780. The third-order valence-corrected chi connectivity index (χ3v) is 4.83. The molecule has 1 saturated heterocycles. The number of likely N-dealkylation sites (tertiary alicyclic amines) is 1. The first-order chi connectivity index (χ1) is 15.6. The van der Waals surface area contributed by atoms with E-state index < -0.39 is 39.0 Å². The van der Waals surface area contributed by atoms with Gasteiger partial charge in [0.15, 0.2) is 5.11 Å². The first kappa shape index (κ1) is 23.3. The highest BCUT2D eigenvalue weighted by Gasteiger charge is 2.34. The molecule has 1 aromatic carbocycles. The van der Waals surface area contributed by atoms with Crippen LogP contribution in [0.3, 0.4) is 0 Å². The number of carbonyl (C=O) groups excluding carboxylic acids is 3. The van der Waals surface area contributed by atoms with Crippen LogP contribution in [-0.4, -0.2) is 44.1 Å². The molecule has 1 fully saturated rings. The first-order valence-corrected chi connectivity index (χ1v) is 9.70. The van der Waals surface area contributed by atoms with E-state index in [0.29, 0.717) is 11.8 Å². The van der Waals surface area contributed by atoms with Crippen molar-refractivity contribution in [2.24, 2.45) is 5.92 Å². The summed E-state index contributed by atoms with van der Waals surface area (Å²) >= 11 is 4.90. The van der Waals surface area contributed by atoms with Gasteiger partial charge >= 0.3 is 0 Å². The fourth-order valence-electron chi connectivity index (χ4n) is 3.06. The summed E-state index contributed by atoms with van der Waals surface area (Å²) < 4.78 is 5.19. The zero-order chi connectivity index (χ0) is 24.1. The van der Waals surface area contributed by atoms with E-state index in [1.165, 1.54) is 11.2 Å². The Hall–Kier alpha value is -4.40. The van der Waals surface area contributed by atoms with Gasteiger partial charge in [-0.05, 0) is 24.4 Å². The van der Waals surface area contributed by atoms with E-state index >= 15 is 0 Å². The van der Waals surface area contributed by atoms with Crippen molar-refractivity contribution in [3.8, 4) is 0 Å². The summed E-state index contributed by atoms with van der Waals surface area (Å²) in [5.74, 6) is -1.83. The van der Waals surface area contributed by atoms with Gasteiger partial charge in [-0.1, -0.05) is 0 Å². The molecule has 0 bridgehead atoms. The molecule has 1 unspecified atom stereocenters. The largest absolute Gasteiger partial charge is 0.467 e. The molecule has 1 atom stereocenters. The molecule has 14 nitrogen and oxygen atoms in total. The quantitative estimate of drug-likeness (QED) is 0.305. The number of rotatable bonds is 6. The summed E-state index contributed by atoms with van der Waals surface area (Å²) in [6.07, 6.45) is 1.45. The number of nitro benzene ring substituents is 2. The molecule has 2 heterocycles. The van der Waals surface area contributed by atoms with E-state index in [9.17, 15) is 34.6 Å². The minimum Gasteiger partial charge on any atom is -0.467 e. The van der Waals surface area contributed by atoms with E-state index in [-0.39, 0.29) is 36.1 Å². The molecular formula is C18H16N6O8S. The molecule has 1 aliphatic rings. The molecular weight excluding hydrogens is 460 g/mol. The average Bonchev–Trinajstić information content (AvgIpc) is 3.41. The van der Waals surface area contributed by atoms with Crippen LogP contribution in [0.1, 0.15) is 22.5 Å². The van der Waals surface area contributed by atoms with E-state index in [1.54, 1.807) is 12.1 Å². The number of amides is 3. The summed E-state index contributed by atoms with van der Waals surface area (Å²) in [4.78, 5) is 58.3. The van der Waals surface area contributed by atoms with Gasteiger partial charge in [0.2, 0.25) is 11.8 Å². The smallest absolute Gasteiger partial charge is 0.277 e. The second-order valence-electron chi connectivity index (χ2n) is 6.90. The fourth-order valence-corrected chi connectivity index (χ4v) is 3.20. The van der Waals surface area contributed by atoms with Crippen LogP contribution < -0.4 is 16.2 Å². The third-order valence-electron chi connectivity index (χ3n) is 4.62. The van der Waals surface area contributed by atoms with Crippen molar-refractivity contribution in [3.63, 3.8) is 0 Å². The molecule has 3 amide bonds. The number of hydrogen-bond donors (Lipinski definition) is 3. The molecule has 0 aliphatic carbocycles. The summed E-state index contributed by atoms with van der Waals surface area (Å²) in [5.41, 5.74) is 2.90. The van der Waals surface area contributed by atoms with Crippen LogP contribution in [0.5, 0.6) is 0 Å². The van der Waals surface area contributed by atoms with E-state index in [4.69, 9.17) is 16.6 Å². The molecule has 0 saturated carbocycles. The van der Waals surface area contributed by atoms with Crippen molar-refractivity contribution in [3.05, 3.63) is 68.1 Å². The number of nitro groups is 2. The third kappa shape index (κ3) is 5.85. The Labute approximate surface area is 190 Å². The van der Waals surface area contributed by atoms with Crippen LogP contribution in [0.4, 0.5) is 11.4 Å². The van der Waals surface area contributed by atoms with Gasteiger partial charge in [-0.3, -0.25) is 50.8 Å². The SMILES string of the molecule is O=C(NC(=S)NNC(=O)C1CC(=O)N(Cc2ccco2)C1)c1cc([N+](=O)[O-])cc([N+](=O)[O-])c1. The van der Waals surface area contributed by atoms with Gasteiger partial charge in [-0.25, -0.2) is 0 Å². The number of non-ortho nitro benzene ring substituents is 2. The Kier molecular flexibility index (Phi) is 6.92. The maximum absolute atomic E-state index is 12.3. The van der Waals surface area contributed by atoms with Crippen molar-refractivity contribution < 1.29 is 28.6 Å². The highest BCUT2D eigenvalue weighted by Crippen LogP contribution is 2.23. The normalized spacial score (nSPS) is 15.1. The summed E-state index contributed by atoms with van der Waals surface area (Å²) in [7, 11) is 0. The Balaban J connectivity index is 1.53. The minimum absolute atomic E-state index is 0.0231. The lowest BCUT2D eigenvalue weighted by atomic mass is 10.1. The standard InChI is InChI=1S/C18H16N6O8S/c25-15-6-11(8-22(15)9-14-2-1-3-32-14)17(27)20-21-18(33)19-16(26)10-4-12(23(28)29)7-13(5-10)24(30)31/h1-5,7,11H,6,8-9H2,(H,20,27)(H2,19,21,26,33). The van der Waals surface area contributed by atoms with Crippen molar-refractivity contribution >= 4 is 46.4 Å². The maximum atomic E-state index is 12.3. The molecule has 33 heavy (non-hydrogen) atoms. The number of nitrogens with zero attached hydrogens (tertiary/aromatic N) is 3. The summed E-state index contributed by atoms with van der Waals surface area (Å²) in [6.45, 7) is 0.385. The first-order valence-electron chi connectivity index (χ1n) is 9.29. The van der Waals surface area contributed by atoms with E-state index in [2.05, 4.69) is 16.2 Å². The fraction of sp³-hybridized carbons (Fsp3) is 0.222. The maximum Gasteiger partial charge on any atom is 0.277 e. The monoisotopic (exact) mass is 476 g/mol. The second-order valence-corrected chi connectivity index (χ2v) is 7.31. The number of benzene rings is 1. The highest BCUT2D eigenvalue weighted by atomic mass is 32.1. The zero-order valence-electron chi connectivity index (χ0n) is 16.7. The van der Waals surface area contributed by atoms with Crippen molar-refractivity contribution in [2.75, 3.05) is 6.54 Å². The molecule has 2 aromatic rings. The van der Waals surface area contributed by atoms with Crippen molar-refractivity contribution in [2.45, 2.75) is 13.0 Å². The summed E-state index contributed by atoms with van der Waals surface area (Å²) in [6, 6.07) is 5.80. The Morgan fingerprint density at radius 3 is 2.39 bits per heavy atom. The molecule has 3 rings (SSSR count). The van der Waals surface area contributed by atoms with Gasteiger partial charge in [0.05, 0.1) is 40.2 Å². The molecule has 172 valence electrons. The lowest BCUT2D eigenvalue weighted by molar-refractivity contribution is -0.394. The van der Waals surface area contributed by atoms with Crippen LogP contribution in [0.15, 0.2) is 41.0 Å². The van der Waals surface area contributed by atoms with Crippen LogP contribution in [0, 0.1) is 26.1 Å². The van der Waals surface area contributed by atoms with Crippen LogP contribution in [0.2, 0.25) is 0 Å². The van der Waals surface area contributed by atoms with Gasteiger partial charge in [0.1, 0.15) is 5.76 Å². The Bertz CT molecular complexity index is 1100. The Morgan fingerprint density at radius 1 is 1.15 bits per heavy atom. The molecule has 0 spiro atoms. The molecule has 1 aliphatic heterocycles. The van der Waals surface area contributed by atoms with Crippen LogP contribution in [0.25, 0.3) is 0 Å². The lowest BCUT2D eigenvalue weighted by Gasteiger charge is -2.16. The predicted molar refractivity (Wildman–Crippen MR) is 113 cm³/mol. The number of carbonyl (C=O) groups is 3. The number of thiocarbonyl (C=S) groups is 1. The van der Waals surface area contributed by atoms with Crippen molar-refractivity contribution in [1.29, 1.82) is 0 Å². The Morgan fingerprint density at radius 2 is 1.82 bits per heavy atom. The molecule has 0 radical (unpaired) electrons. The number of furan rings is 1. The minimum atomic E-state index is -0.964. The second kappa shape index (κ2) is 9.82. The lowest BCUT2D eigenvalue weighted by Crippen LogP contribution is -2.50. The van der Waals surface area contributed by atoms with Crippen molar-refractivity contribution in [1.82, 2.24) is 21.1 Å². The van der Waals surface area contributed by atoms with Crippen LogP contribution in [-0.2, 0) is 16.1 Å². The highest BCUT2D eigenvalue weighted by molar-refractivity contribution is 7.80. The zero-order valence-corrected chi connectivity index (χ0v) is 17.5. The molecule has 15 heteroatoms. The molecule has 3 N–H and O–H groups in total. The van der Waals surface area contributed by atoms with Crippen LogP contribution >= 0.6 is 12.2 Å². The van der Waals surface area contributed by atoms with E-state index in [1.807, 2.05) is 0 Å². The van der Waals surface area contributed by atoms with Gasteiger partial charge in [0, 0.05) is 25.1 Å². The topological polar surface area (TPSA) is 190 Å². The van der Waals surface area contributed by atoms with E-state index in [0.717, 1.165) is 12.1 Å². The van der Waals surface area contributed by atoms with Gasteiger partial charge < -0.3 is 9.32 Å². The average molecular weight is 476 g/mol. The number of hydrazine groups is 1. The van der Waals surface area contributed by atoms with Gasteiger partial charge in [0.25, 0.3) is 17.3 Å². The van der Waals surface area contributed by atoms with Gasteiger partial charge in [-0.15, -0.1) is 0 Å². The summed E-state index contributed by atoms with van der Waals surface area (Å²) in [5, 5.41) is 23.7. The van der Waals surface area contributed by atoms with Gasteiger partial charge in [-0.2, -0.15) is 0 Å². The number of hydrogen-bond acceptors (Lipinski definition) is 9. The molecule has 1 aromatic heterocycles. The number of nitrogens with one attached hydrogen (secondary N) is 3.